The van der Waals surface area contributed by atoms with Crippen molar-refractivity contribution >= 4 is 84.8 Å². The maximum Gasteiger partial charge on any atom is 0.102 e. The zero-order valence-electron chi connectivity index (χ0n) is 31.7. The van der Waals surface area contributed by atoms with Crippen molar-refractivity contribution in [3.8, 4) is 56.3 Å². The van der Waals surface area contributed by atoms with Crippen molar-refractivity contribution in [1.82, 2.24) is 4.57 Å². The molecule has 0 spiro atoms. The van der Waals surface area contributed by atoms with E-state index in [1.165, 1.54) is 51.1 Å². The Morgan fingerprint density at radius 3 is 1.42 bits per heavy atom. The van der Waals surface area contributed by atoms with Crippen LogP contribution in [0, 0.1) is 11.3 Å². The van der Waals surface area contributed by atoms with Gasteiger partial charge in [0.15, 0.2) is 0 Å². The SMILES string of the molecule is N#Cc1c(-c2ccccc2)cc(-c2cccc(-c3ccccc3)c2)c(-c2ccccc2)c1-n1c2c(ccc3c4ccccc4sc32)c2ccc3c4ccccc4sc3c21. The first kappa shape index (κ1) is 33.8. The highest BCUT2D eigenvalue weighted by atomic mass is 32.1. The third kappa shape index (κ3) is 5.16. The van der Waals surface area contributed by atoms with E-state index in [9.17, 15) is 5.26 Å². The van der Waals surface area contributed by atoms with Crippen LogP contribution in [0.25, 0.3) is 112 Å². The second-order valence-electron chi connectivity index (χ2n) is 15.1. The number of benzene rings is 9. The predicted molar refractivity (Wildman–Crippen MR) is 253 cm³/mol. The van der Waals surface area contributed by atoms with E-state index in [0.717, 1.165) is 61.2 Å². The van der Waals surface area contributed by atoms with Gasteiger partial charge in [-0.25, -0.2) is 0 Å². The van der Waals surface area contributed by atoms with E-state index in [-0.39, 0.29) is 0 Å². The molecule has 0 bridgehead atoms. The van der Waals surface area contributed by atoms with Gasteiger partial charge in [-0.2, -0.15) is 5.26 Å². The van der Waals surface area contributed by atoms with Gasteiger partial charge in [-0.1, -0.05) is 170 Å². The second-order valence-corrected chi connectivity index (χ2v) is 17.2. The number of hydrogen-bond donors (Lipinski definition) is 0. The van der Waals surface area contributed by atoms with E-state index < -0.39 is 0 Å². The Kier molecular flexibility index (Phi) is 7.68. The molecule has 0 aliphatic heterocycles. The van der Waals surface area contributed by atoms with Gasteiger partial charge in [0, 0.05) is 52.8 Å². The molecule has 0 saturated heterocycles. The Morgan fingerprint density at radius 1 is 0.373 bits per heavy atom. The normalized spacial score (nSPS) is 11.7. The fourth-order valence-corrected chi connectivity index (χ4v) is 11.7. The molecule has 0 unspecified atom stereocenters. The van der Waals surface area contributed by atoms with Crippen LogP contribution in [-0.2, 0) is 0 Å². The maximum absolute atomic E-state index is 11.7. The summed E-state index contributed by atoms with van der Waals surface area (Å²) in [7, 11) is 0. The van der Waals surface area contributed by atoms with Gasteiger partial charge in [-0.05, 0) is 57.6 Å². The van der Waals surface area contributed by atoms with Gasteiger partial charge in [0.2, 0.25) is 0 Å². The molecule has 3 aromatic heterocycles. The Labute approximate surface area is 348 Å². The van der Waals surface area contributed by atoms with Gasteiger partial charge < -0.3 is 4.57 Å². The van der Waals surface area contributed by atoms with Crippen LogP contribution in [0.4, 0.5) is 0 Å². The highest BCUT2D eigenvalue weighted by Crippen LogP contribution is 2.51. The molecular weight excluding hydrogens is 753 g/mol. The molecule has 274 valence electrons. The molecule has 0 amide bonds. The van der Waals surface area contributed by atoms with Gasteiger partial charge in [0.05, 0.1) is 31.7 Å². The van der Waals surface area contributed by atoms with Crippen LogP contribution in [-0.4, -0.2) is 4.57 Å². The first-order valence-electron chi connectivity index (χ1n) is 19.8. The first-order chi connectivity index (χ1) is 29.2. The Bertz CT molecular complexity index is 3530. The molecule has 4 heteroatoms. The molecule has 0 saturated carbocycles. The monoisotopic (exact) mass is 784 g/mol. The fraction of sp³-hybridized carbons (Fsp3) is 0. The number of aromatic nitrogens is 1. The molecule has 9 aromatic carbocycles. The molecule has 0 fully saturated rings. The topological polar surface area (TPSA) is 28.7 Å². The minimum atomic E-state index is 0.646. The van der Waals surface area contributed by atoms with Crippen molar-refractivity contribution in [1.29, 1.82) is 5.26 Å². The number of fused-ring (bicyclic) bond motifs is 11. The summed E-state index contributed by atoms with van der Waals surface area (Å²) >= 11 is 3.68. The number of hydrogen-bond acceptors (Lipinski definition) is 3. The third-order valence-electron chi connectivity index (χ3n) is 11.8. The lowest BCUT2D eigenvalue weighted by molar-refractivity contribution is 1.18. The van der Waals surface area contributed by atoms with E-state index in [1.54, 1.807) is 0 Å². The number of rotatable bonds is 5. The number of nitrogens with zero attached hydrogens (tertiary/aromatic N) is 2. The van der Waals surface area contributed by atoms with Crippen molar-refractivity contribution in [2.24, 2.45) is 0 Å². The Hall–Kier alpha value is -7.29. The summed E-state index contributed by atoms with van der Waals surface area (Å²) in [5.74, 6) is 0. The average molecular weight is 785 g/mol. The minimum absolute atomic E-state index is 0.646. The van der Waals surface area contributed by atoms with E-state index >= 15 is 0 Å². The summed E-state index contributed by atoms with van der Waals surface area (Å²) in [5.41, 5.74) is 12.3. The van der Waals surface area contributed by atoms with Crippen molar-refractivity contribution < 1.29 is 0 Å². The molecule has 59 heavy (non-hydrogen) atoms. The van der Waals surface area contributed by atoms with Crippen LogP contribution in [0.2, 0.25) is 0 Å². The van der Waals surface area contributed by atoms with Gasteiger partial charge >= 0.3 is 0 Å². The number of nitriles is 1. The van der Waals surface area contributed by atoms with E-state index in [4.69, 9.17) is 0 Å². The molecule has 3 heterocycles. The van der Waals surface area contributed by atoms with Crippen LogP contribution in [0.15, 0.2) is 194 Å². The van der Waals surface area contributed by atoms with Crippen molar-refractivity contribution in [3.63, 3.8) is 0 Å². The van der Waals surface area contributed by atoms with Crippen LogP contribution >= 0.6 is 22.7 Å². The van der Waals surface area contributed by atoms with Gasteiger partial charge in [-0.15, -0.1) is 22.7 Å². The first-order valence-corrected chi connectivity index (χ1v) is 21.5. The zero-order valence-corrected chi connectivity index (χ0v) is 33.3. The van der Waals surface area contributed by atoms with Gasteiger partial charge in [0.25, 0.3) is 0 Å². The van der Waals surface area contributed by atoms with Crippen molar-refractivity contribution in [2.45, 2.75) is 0 Å². The minimum Gasteiger partial charge on any atom is -0.304 e. The highest BCUT2D eigenvalue weighted by Gasteiger charge is 2.28. The lowest BCUT2D eigenvalue weighted by Crippen LogP contribution is -2.05. The smallest absolute Gasteiger partial charge is 0.102 e. The average Bonchev–Trinajstić information content (AvgIpc) is 3.99. The van der Waals surface area contributed by atoms with Crippen LogP contribution in [0.1, 0.15) is 5.56 Å². The predicted octanol–water partition coefficient (Wildman–Crippen LogP) is 16.1. The number of thiophene rings is 2. The molecule has 0 aliphatic rings. The molecule has 12 aromatic rings. The molecule has 0 N–H and O–H groups in total. The highest BCUT2D eigenvalue weighted by molar-refractivity contribution is 7.27. The largest absolute Gasteiger partial charge is 0.304 e. The van der Waals surface area contributed by atoms with E-state index in [2.05, 4.69) is 199 Å². The third-order valence-corrected chi connectivity index (χ3v) is 14.2. The summed E-state index contributed by atoms with van der Waals surface area (Å²) in [6.07, 6.45) is 0. The lowest BCUT2D eigenvalue weighted by Gasteiger charge is -2.23. The quantitative estimate of drug-likeness (QED) is 0.171. The molecule has 0 radical (unpaired) electrons. The molecule has 2 nitrogen and oxygen atoms in total. The summed E-state index contributed by atoms with van der Waals surface area (Å²) in [5, 5.41) is 19.0. The second kappa shape index (κ2) is 13.4. The molecular formula is C55H32N2S2. The molecule has 12 rings (SSSR count). The van der Waals surface area contributed by atoms with Crippen LogP contribution < -0.4 is 0 Å². The Balaban J connectivity index is 1.35. The maximum atomic E-state index is 11.7. The Morgan fingerprint density at radius 2 is 0.847 bits per heavy atom. The van der Waals surface area contributed by atoms with E-state index in [1.807, 2.05) is 28.7 Å². The molecule has 0 aliphatic carbocycles. The van der Waals surface area contributed by atoms with Crippen molar-refractivity contribution in [2.75, 3.05) is 0 Å². The summed E-state index contributed by atoms with van der Waals surface area (Å²) in [4.78, 5) is 0. The fourth-order valence-electron chi connectivity index (χ4n) is 9.24. The zero-order chi connectivity index (χ0) is 39.0. The van der Waals surface area contributed by atoms with Crippen LogP contribution in [0.5, 0.6) is 0 Å². The lowest BCUT2D eigenvalue weighted by atomic mass is 9.85. The standard InChI is InChI=1S/C55H32N2S2/c56-33-47-45(35-17-6-2-7-18-35)32-46(38-22-14-21-37(31-38)34-15-4-1-5-16-34)50(36-19-8-3-9-20-36)51(47)57-52-41(27-29-43-39-23-10-12-25-48(39)58-54(43)52)42-28-30-44-40-24-11-13-26-49(40)59-55(44)53(42)57/h1-32H. The summed E-state index contributed by atoms with van der Waals surface area (Å²) < 4.78 is 7.43. The van der Waals surface area contributed by atoms with Crippen LogP contribution in [0.3, 0.4) is 0 Å². The molecule has 0 atom stereocenters. The van der Waals surface area contributed by atoms with E-state index in [0.29, 0.717) is 5.56 Å². The summed E-state index contributed by atoms with van der Waals surface area (Å²) in [6, 6.07) is 72.4. The van der Waals surface area contributed by atoms with Gasteiger partial charge in [-0.3, -0.25) is 0 Å². The van der Waals surface area contributed by atoms with Crippen molar-refractivity contribution in [3.05, 3.63) is 200 Å². The van der Waals surface area contributed by atoms with Gasteiger partial charge in [0.1, 0.15) is 6.07 Å². The summed E-state index contributed by atoms with van der Waals surface area (Å²) in [6.45, 7) is 0.